The van der Waals surface area contributed by atoms with Gasteiger partial charge in [-0.1, -0.05) is 0 Å². The van der Waals surface area contributed by atoms with Crippen LogP contribution < -0.4 is 5.32 Å². The summed E-state index contributed by atoms with van der Waals surface area (Å²) >= 11 is 2.06. The maximum absolute atomic E-state index is 6.11. The fraction of sp³-hybridized carbons (Fsp3) is 1.00. The monoisotopic (exact) mass is 299 g/mol. The fourth-order valence-electron chi connectivity index (χ4n) is 3.69. The molecule has 0 aliphatic carbocycles. The number of ether oxygens (including phenoxy) is 1. The molecule has 3 heterocycles. The van der Waals surface area contributed by atoms with Gasteiger partial charge in [0.05, 0.1) is 5.60 Å². The van der Waals surface area contributed by atoms with Crippen LogP contribution in [0.2, 0.25) is 0 Å². The first kappa shape index (κ1) is 15.1. The van der Waals surface area contributed by atoms with Crippen molar-refractivity contribution in [1.29, 1.82) is 0 Å². The SMILES string of the molecule is CN1CCN(C)C(CNC2CCOC3(CCSC3)C2)C1. The second-order valence-corrected chi connectivity index (χ2v) is 7.93. The summed E-state index contributed by atoms with van der Waals surface area (Å²) in [6.45, 7) is 5.64. The molecule has 0 amide bonds. The largest absolute Gasteiger partial charge is 0.374 e. The number of thioether (sulfide) groups is 1. The van der Waals surface area contributed by atoms with Crippen LogP contribution in [0.5, 0.6) is 0 Å². The number of piperazine rings is 1. The van der Waals surface area contributed by atoms with Crippen LogP contribution in [0.4, 0.5) is 0 Å². The van der Waals surface area contributed by atoms with Gasteiger partial charge in [0.25, 0.3) is 0 Å². The van der Waals surface area contributed by atoms with Gasteiger partial charge >= 0.3 is 0 Å². The molecule has 3 aliphatic heterocycles. The Bertz CT molecular complexity index is 322. The van der Waals surface area contributed by atoms with Crippen LogP contribution in [0.15, 0.2) is 0 Å². The van der Waals surface area contributed by atoms with Gasteiger partial charge in [0, 0.05) is 50.6 Å². The van der Waals surface area contributed by atoms with Crippen molar-refractivity contribution < 1.29 is 4.74 Å². The van der Waals surface area contributed by atoms with E-state index in [1.807, 2.05) is 0 Å². The average Bonchev–Trinajstić information content (AvgIpc) is 2.88. The van der Waals surface area contributed by atoms with Gasteiger partial charge in [-0.15, -0.1) is 0 Å². The van der Waals surface area contributed by atoms with E-state index in [4.69, 9.17) is 4.74 Å². The Hall–Kier alpha value is 0.190. The third-order valence-electron chi connectivity index (χ3n) is 5.18. The Balaban J connectivity index is 1.48. The minimum Gasteiger partial charge on any atom is -0.374 e. The van der Waals surface area contributed by atoms with E-state index < -0.39 is 0 Å². The molecule has 3 atom stereocenters. The molecule has 4 nitrogen and oxygen atoms in total. The van der Waals surface area contributed by atoms with Crippen LogP contribution in [0.3, 0.4) is 0 Å². The quantitative estimate of drug-likeness (QED) is 0.835. The van der Waals surface area contributed by atoms with E-state index in [0.29, 0.717) is 12.1 Å². The zero-order valence-electron chi connectivity index (χ0n) is 12.9. The lowest BCUT2D eigenvalue weighted by Gasteiger charge is -2.41. The normalized spacial score (nSPS) is 40.5. The highest BCUT2D eigenvalue weighted by atomic mass is 32.2. The predicted octanol–water partition coefficient (Wildman–Crippen LogP) is 0.877. The van der Waals surface area contributed by atoms with Crippen molar-refractivity contribution in [3.8, 4) is 0 Å². The molecule has 0 aromatic heterocycles. The molecule has 3 rings (SSSR count). The highest BCUT2D eigenvalue weighted by Gasteiger charge is 2.40. The van der Waals surface area contributed by atoms with Crippen molar-refractivity contribution >= 4 is 11.8 Å². The van der Waals surface area contributed by atoms with Crippen molar-refractivity contribution in [3.63, 3.8) is 0 Å². The maximum Gasteiger partial charge on any atom is 0.0795 e. The van der Waals surface area contributed by atoms with Gasteiger partial charge in [0.1, 0.15) is 0 Å². The topological polar surface area (TPSA) is 27.7 Å². The van der Waals surface area contributed by atoms with E-state index in [-0.39, 0.29) is 5.60 Å². The standard InChI is InChI=1S/C15H29N3OS/c1-17-5-6-18(2)14(11-17)10-16-13-3-7-19-15(9-13)4-8-20-12-15/h13-14,16H,3-12H2,1-2H3. The zero-order valence-corrected chi connectivity index (χ0v) is 13.8. The smallest absolute Gasteiger partial charge is 0.0795 e. The van der Waals surface area contributed by atoms with Gasteiger partial charge in [0.15, 0.2) is 0 Å². The molecular weight excluding hydrogens is 270 g/mol. The molecule has 3 saturated heterocycles. The number of likely N-dealkylation sites (N-methyl/N-ethyl adjacent to an activating group) is 2. The van der Waals surface area contributed by atoms with Gasteiger partial charge in [-0.3, -0.25) is 4.90 Å². The van der Waals surface area contributed by atoms with Crippen LogP contribution in [0.1, 0.15) is 19.3 Å². The first-order chi connectivity index (χ1) is 9.67. The van der Waals surface area contributed by atoms with Gasteiger partial charge in [-0.2, -0.15) is 11.8 Å². The average molecular weight is 299 g/mol. The van der Waals surface area contributed by atoms with Crippen molar-refractivity contribution in [1.82, 2.24) is 15.1 Å². The van der Waals surface area contributed by atoms with E-state index in [1.54, 1.807) is 0 Å². The summed E-state index contributed by atoms with van der Waals surface area (Å²) in [5.41, 5.74) is 0.204. The number of nitrogens with zero attached hydrogens (tertiary/aromatic N) is 2. The van der Waals surface area contributed by atoms with Crippen molar-refractivity contribution in [3.05, 3.63) is 0 Å². The molecule has 20 heavy (non-hydrogen) atoms. The lowest BCUT2D eigenvalue weighted by atomic mass is 9.89. The van der Waals surface area contributed by atoms with Gasteiger partial charge < -0.3 is 15.0 Å². The molecule has 3 aliphatic rings. The molecular formula is C15H29N3OS. The Kier molecular flexibility index (Phi) is 4.93. The summed E-state index contributed by atoms with van der Waals surface area (Å²) in [7, 11) is 4.50. The second-order valence-electron chi connectivity index (χ2n) is 6.83. The molecule has 0 bridgehead atoms. The van der Waals surface area contributed by atoms with E-state index in [0.717, 1.165) is 13.2 Å². The van der Waals surface area contributed by atoms with E-state index in [2.05, 4.69) is 41.0 Å². The predicted molar refractivity (Wildman–Crippen MR) is 85.6 cm³/mol. The molecule has 5 heteroatoms. The fourth-order valence-corrected chi connectivity index (χ4v) is 5.07. The second kappa shape index (κ2) is 6.53. The van der Waals surface area contributed by atoms with Crippen LogP contribution in [0.25, 0.3) is 0 Å². The van der Waals surface area contributed by atoms with Crippen LogP contribution in [-0.2, 0) is 4.74 Å². The lowest BCUT2D eigenvalue weighted by Crippen LogP contribution is -2.56. The Morgan fingerprint density at radius 3 is 3.05 bits per heavy atom. The number of hydrogen-bond acceptors (Lipinski definition) is 5. The van der Waals surface area contributed by atoms with Crippen LogP contribution in [-0.4, -0.2) is 85.9 Å². The van der Waals surface area contributed by atoms with Crippen LogP contribution in [0, 0.1) is 0 Å². The minimum absolute atomic E-state index is 0.204. The Morgan fingerprint density at radius 2 is 2.25 bits per heavy atom. The molecule has 0 saturated carbocycles. The molecule has 1 N–H and O–H groups in total. The van der Waals surface area contributed by atoms with E-state index >= 15 is 0 Å². The maximum atomic E-state index is 6.11. The zero-order chi connectivity index (χ0) is 14.0. The summed E-state index contributed by atoms with van der Waals surface area (Å²) in [6, 6.07) is 1.31. The summed E-state index contributed by atoms with van der Waals surface area (Å²) < 4.78 is 6.11. The number of hydrogen-bond donors (Lipinski definition) is 1. The Labute approximate surface area is 127 Å². The van der Waals surface area contributed by atoms with E-state index in [9.17, 15) is 0 Å². The highest BCUT2D eigenvalue weighted by molar-refractivity contribution is 7.99. The minimum atomic E-state index is 0.204. The van der Waals surface area contributed by atoms with E-state index in [1.165, 1.54) is 50.4 Å². The Morgan fingerprint density at radius 1 is 1.35 bits per heavy atom. The number of nitrogens with one attached hydrogen (secondary N) is 1. The van der Waals surface area contributed by atoms with Gasteiger partial charge in [-0.25, -0.2) is 0 Å². The lowest BCUT2D eigenvalue weighted by molar-refractivity contribution is -0.0708. The molecule has 3 fully saturated rings. The summed E-state index contributed by atoms with van der Waals surface area (Å²) in [6.07, 6.45) is 3.65. The molecule has 3 unspecified atom stereocenters. The number of rotatable bonds is 3. The summed E-state index contributed by atoms with van der Waals surface area (Å²) in [5.74, 6) is 2.49. The van der Waals surface area contributed by atoms with Gasteiger partial charge in [0.2, 0.25) is 0 Å². The molecule has 0 aromatic rings. The summed E-state index contributed by atoms with van der Waals surface area (Å²) in [5, 5.41) is 3.84. The van der Waals surface area contributed by atoms with Crippen LogP contribution >= 0.6 is 11.8 Å². The summed E-state index contributed by atoms with van der Waals surface area (Å²) in [4.78, 5) is 4.96. The first-order valence-corrected chi connectivity index (χ1v) is 9.16. The molecule has 116 valence electrons. The molecule has 1 spiro atoms. The van der Waals surface area contributed by atoms with Crippen molar-refractivity contribution in [2.24, 2.45) is 0 Å². The third-order valence-corrected chi connectivity index (χ3v) is 6.41. The molecule has 0 aromatic carbocycles. The first-order valence-electron chi connectivity index (χ1n) is 8.01. The van der Waals surface area contributed by atoms with Gasteiger partial charge in [-0.05, 0) is 39.1 Å². The molecule has 0 radical (unpaired) electrons. The highest BCUT2D eigenvalue weighted by Crippen LogP contribution is 2.38. The van der Waals surface area contributed by atoms with Crippen molar-refractivity contribution in [2.75, 3.05) is 58.4 Å². The van der Waals surface area contributed by atoms with Crippen molar-refractivity contribution in [2.45, 2.75) is 36.9 Å². The third kappa shape index (κ3) is 3.50.